The van der Waals surface area contributed by atoms with Gasteiger partial charge in [0.05, 0.1) is 0 Å². The quantitative estimate of drug-likeness (QED) is 0.0673. The van der Waals surface area contributed by atoms with Crippen molar-refractivity contribution >= 4 is 136 Å². The Balaban J connectivity index is 0.843. The van der Waals surface area contributed by atoms with Gasteiger partial charge in [-0.3, -0.25) is 0 Å². The molecule has 10 aromatic carbocycles. The minimum atomic E-state index is 1.10. The summed E-state index contributed by atoms with van der Waals surface area (Å²) in [6.45, 7) is 0. The Kier molecular flexibility index (Phi) is 20.6. The summed E-state index contributed by atoms with van der Waals surface area (Å²) >= 11 is 21.5. The normalized spacial score (nSPS) is 11.5. The van der Waals surface area contributed by atoms with Gasteiger partial charge in [0.15, 0.2) is 0 Å². The minimum Gasteiger partial charge on any atom is -0.144 e. The summed E-state index contributed by atoms with van der Waals surface area (Å²) in [7, 11) is 0. The van der Waals surface area contributed by atoms with E-state index in [4.69, 9.17) is 0 Å². The first-order valence-corrected chi connectivity index (χ1v) is 49.9. The van der Waals surface area contributed by atoms with Crippen molar-refractivity contribution < 1.29 is 0 Å². The molecule has 0 fully saturated rings. The molecular formula is C108H66S12. The van der Waals surface area contributed by atoms with E-state index in [1.165, 1.54) is 125 Å². The lowest BCUT2D eigenvalue weighted by atomic mass is 9.86. The summed E-state index contributed by atoms with van der Waals surface area (Å²) in [5.74, 6) is 0. The van der Waals surface area contributed by atoms with Crippen LogP contribution in [0.1, 0.15) is 0 Å². The highest BCUT2D eigenvalue weighted by molar-refractivity contribution is 7.17. The van der Waals surface area contributed by atoms with Crippen molar-refractivity contribution in [1.29, 1.82) is 0 Å². The zero-order chi connectivity index (χ0) is 79.4. The monoisotopic (exact) mass is 1750 g/mol. The Morgan fingerprint density at radius 3 is 0.217 bits per heavy atom. The van der Waals surface area contributed by atoms with Gasteiger partial charge in [-0.25, -0.2) is 0 Å². The lowest BCUT2D eigenvalue weighted by molar-refractivity contribution is 1.53. The molecule has 0 spiro atoms. The van der Waals surface area contributed by atoms with Crippen LogP contribution in [0.2, 0.25) is 0 Å². The summed E-state index contributed by atoms with van der Waals surface area (Å²) < 4.78 is 0. The lowest BCUT2D eigenvalue weighted by Gasteiger charge is -2.19. The van der Waals surface area contributed by atoms with Crippen LogP contribution in [0, 0.1) is 0 Å². The first-order valence-electron chi connectivity index (χ1n) is 39.3. The maximum absolute atomic E-state index is 2.51. The zero-order valence-electron chi connectivity index (χ0n) is 64.0. The SMILES string of the molecule is c1csc(-c2cc(-c3cc(-c4cc(-c5cc(-c6cc(-c7cccs7)cc(-c7cccs7)c6)cc(-c6cc(-c7cccs7)cc(-c7cccs7)c6)c5)cc(-c5cc(-c6cc(-c7cccs7)cc(-c7cccs7)c6)cc(-c6cc(-c7cccs7)cc(-c7cccs7)c6)c5)c4)cc(-c4cc(-c5cccs5)cc(-c5cccs5)c4)c3)cc(-c3cccs3)c2)c1. The van der Waals surface area contributed by atoms with E-state index in [0.717, 1.165) is 100 Å². The minimum absolute atomic E-state index is 1.10. The molecular weight excluding hydrogens is 1680 g/mol. The van der Waals surface area contributed by atoms with Gasteiger partial charge in [0.1, 0.15) is 0 Å². The first-order chi connectivity index (χ1) is 59.3. The standard InChI is InChI=1S/C108H66S12/c1-13-97(109-25-1)85-49-79(50-86(61-85)98-14-2-26-110-98)73-40-70(41-74(46-73)80-51-87(99-15-3-27-111-99)62-88(52-80)100-16-4-28-112-100)67-37-68(71-42-75(81-53-89(101-17-5-29-113-101)63-90(54-81)102-18-6-30-114-102)47-76(43-71)82-55-91(103-19-7-31-115-103)64-92(56-82)104-20-8-32-116-104)39-69(38-67)72-44-77(83-57-93(105-21-9-33-117-105)65-94(58-83)106-22-10-34-118-106)48-78(45-72)84-59-95(107-23-11-35-119-107)66-96(60-84)108-24-12-36-120-108/h1-66H. The lowest BCUT2D eigenvalue weighted by Crippen LogP contribution is -1.93. The second kappa shape index (κ2) is 33.0. The molecule has 12 heteroatoms. The maximum Gasteiger partial charge on any atom is 0.0343 e. The molecule has 12 aromatic heterocycles. The van der Waals surface area contributed by atoms with Crippen molar-refractivity contribution in [1.82, 2.24) is 0 Å². The van der Waals surface area contributed by atoms with Crippen LogP contribution in [-0.4, -0.2) is 0 Å². The second-order valence-electron chi connectivity index (χ2n) is 29.7. The molecule has 0 N–H and O–H groups in total. The molecule has 0 aliphatic heterocycles. The van der Waals surface area contributed by atoms with Gasteiger partial charge in [-0.05, 0) is 486 Å². The number of thiophene rings is 12. The molecule has 12 heterocycles. The summed E-state index contributed by atoms with van der Waals surface area (Å²) in [6.07, 6.45) is 0. The molecule has 0 radical (unpaired) electrons. The highest BCUT2D eigenvalue weighted by atomic mass is 32.1. The van der Waals surface area contributed by atoms with Crippen molar-refractivity contribution in [2.24, 2.45) is 0 Å². The molecule has 0 aliphatic rings. The van der Waals surface area contributed by atoms with E-state index < -0.39 is 0 Å². The number of benzene rings is 10. The highest BCUT2D eigenvalue weighted by Crippen LogP contribution is 2.50. The number of rotatable bonds is 21. The molecule has 0 nitrogen and oxygen atoms in total. The molecule has 570 valence electrons. The largest absolute Gasteiger partial charge is 0.144 e. The molecule has 0 atom stereocenters. The van der Waals surface area contributed by atoms with Gasteiger partial charge >= 0.3 is 0 Å². The third kappa shape index (κ3) is 15.5. The van der Waals surface area contributed by atoms with Crippen LogP contribution in [-0.2, 0) is 0 Å². The molecule has 0 aliphatic carbocycles. The molecule has 0 saturated carbocycles. The van der Waals surface area contributed by atoms with Crippen molar-refractivity contribution in [2.45, 2.75) is 0 Å². The van der Waals surface area contributed by atoms with Crippen LogP contribution in [0.25, 0.3) is 225 Å². The molecule has 0 bridgehead atoms. The molecule has 22 rings (SSSR count). The van der Waals surface area contributed by atoms with Gasteiger partial charge in [0, 0.05) is 58.5 Å². The maximum atomic E-state index is 2.51. The van der Waals surface area contributed by atoms with Gasteiger partial charge in [0.2, 0.25) is 0 Å². The van der Waals surface area contributed by atoms with Crippen molar-refractivity contribution in [3.63, 3.8) is 0 Å². The van der Waals surface area contributed by atoms with E-state index in [1.54, 1.807) is 136 Å². The Labute approximate surface area is 745 Å². The predicted molar refractivity (Wildman–Crippen MR) is 535 cm³/mol. The van der Waals surface area contributed by atoms with E-state index in [2.05, 4.69) is 392 Å². The predicted octanol–water partition coefficient (Wildman–Crippen LogP) is 37.4. The van der Waals surface area contributed by atoms with E-state index in [9.17, 15) is 0 Å². The fourth-order valence-corrected chi connectivity index (χ4v) is 24.9. The Morgan fingerprint density at radius 2 is 0.150 bits per heavy atom. The van der Waals surface area contributed by atoms with Crippen molar-refractivity contribution in [2.75, 3.05) is 0 Å². The Hall–Kier alpha value is -11.4. The van der Waals surface area contributed by atoms with Crippen LogP contribution in [0.3, 0.4) is 0 Å². The van der Waals surface area contributed by atoms with Gasteiger partial charge in [-0.15, -0.1) is 136 Å². The third-order valence-electron chi connectivity index (χ3n) is 22.0. The molecule has 22 aromatic rings. The van der Waals surface area contributed by atoms with Crippen LogP contribution >= 0.6 is 136 Å². The average molecular weight is 1750 g/mol. The molecule has 0 amide bonds. The van der Waals surface area contributed by atoms with E-state index in [-0.39, 0.29) is 0 Å². The van der Waals surface area contributed by atoms with Gasteiger partial charge in [-0.1, -0.05) is 72.8 Å². The number of hydrogen-bond acceptors (Lipinski definition) is 12. The molecule has 0 saturated heterocycles. The first kappa shape index (κ1) is 74.9. The van der Waals surface area contributed by atoms with Crippen molar-refractivity contribution in [3.8, 4) is 225 Å². The molecule has 120 heavy (non-hydrogen) atoms. The van der Waals surface area contributed by atoms with Crippen LogP contribution in [0.4, 0.5) is 0 Å². The van der Waals surface area contributed by atoms with E-state index in [1.807, 2.05) is 0 Å². The van der Waals surface area contributed by atoms with Crippen LogP contribution < -0.4 is 0 Å². The van der Waals surface area contributed by atoms with Gasteiger partial charge < -0.3 is 0 Å². The molecule has 0 unspecified atom stereocenters. The van der Waals surface area contributed by atoms with Crippen LogP contribution in [0.15, 0.2) is 392 Å². The average Bonchev–Trinajstić information content (AvgIpc) is 0.871. The Morgan fingerprint density at radius 1 is 0.0833 bits per heavy atom. The highest BCUT2D eigenvalue weighted by Gasteiger charge is 2.23. The summed E-state index contributed by atoms with van der Waals surface area (Å²) in [5.41, 5.74) is 34.8. The zero-order valence-corrected chi connectivity index (χ0v) is 73.8. The summed E-state index contributed by atoms with van der Waals surface area (Å²) in [5, 5.41) is 26.4. The van der Waals surface area contributed by atoms with Crippen molar-refractivity contribution in [3.05, 3.63) is 392 Å². The summed E-state index contributed by atoms with van der Waals surface area (Å²) in [4.78, 5) is 14.8. The van der Waals surface area contributed by atoms with Gasteiger partial charge in [0.25, 0.3) is 0 Å². The summed E-state index contributed by atoms with van der Waals surface area (Å²) in [6, 6.07) is 126. The van der Waals surface area contributed by atoms with Crippen LogP contribution in [0.5, 0.6) is 0 Å². The smallest absolute Gasteiger partial charge is 0.0343 e. The number of hydrogen-bond donors (Lipinski definition) is 0. The fraction of sp³-hybridized carbons (Fsp3) is 0. The van der Waals surface area contributed by atoms with E-state index >= 15 is 0 Å². The van der Waals surface area contributed by atoms with Gasteiger partial charge in [-0.2, -0.15) is 0 Å². The topological polar surface area (TPSA) is 0 Å². The fourth-order valence-electron chi connectivity index (χ4n) is 16.3. The Bertz CT molecular complexity index is 5890. The third-order valence-corrected chi connectivity index (χ3v) is 33.0. The second-order valence-corrected chi connectivity index (χ2v) is 41.1. The van der Waals surface area contributed by atoms with E-state index in [0.29, 0.717) is 0 Å².